The van der Waals surface area contributed by atoms with Crippen LogP contribution in [0.15, 0.2) is 0 Å². The minimum atomic E-state index is -3.79. The smallest absolute Gasteiger partial charge is 0.277 e. The van der Waals surface area contributed by atoms with Crippen molar-refractivity contribution in [2.75, 3.05) is 20.3 Å². The Bertz CT molecular complexity index is 269. The van der Waals surface area contributed by atoms with Crippen molar-refractivity contribution in [2.24, 2.45) is 5.14 Å². The fourth-order valence-electron chi connectivity index (χ4n) is 1.49. The Morgan fingerprint density at radius 3 is 2.77 bits per heavy atom. The summed E-state index contributed by atoms with van der Waals surface area (Å²) in [6.07, 6.45) is -0.983. The normalized spacial score (nSPS) is 31.0. The van der Waals surface area contributed by atoms with Crippen LogP contribution in [0.5, 0.6) is 0 Å². The summed E-state index contributed by atoms with van der Waals surface area (Å²) in [5.74, 6) is 0. The molecule has 2 atom stereocenters. The van der Waals surface area contributed by atoms with E-state index in [2.05, 4.69) is 0 Å². The summed E-state index contributed by atoms with van der Waals surface area (Å²) in [7, 11) is -2.36. The fourth-order valence-corrected chi connectivity index (χ4v) is 2.42. The molecule has 1 fully saturated rings. The maximum Gasteiger partial charge on any atom is 0.277 e. The summed E-state index contributed by atoms with van der Waals surface area (Å²) in [4.78, 5) is 0. The molecule has 5 nitrogen and oxygen atoms in total. The van der Waals surface area contributed by atoms with Gasteiger partial charge in [-0.05, 0) is 6.42 Å². The zero-order valence-corrected chi connectivity index (χ0v) is 8.13. The van der Waals surface area contributed by atoms with E-state index in [1.54, 1.807) is 0 Å². The molecule has 13 heavy (non-hydrogen) atoms. The number of methoxy groups -OCH3 is 1. The standard InChI is InChI=1S/C6H13FN2O3S/c1-12-4-6-2-5(7)3-9(6)13(8,10)11/h5-6H,2-4H2,1H3,(H2,8,10,11)/t5-,6-/m0/s1. The molecule has 1 aliphatic heterocycles. The van der Waals surface area contributed by atoms with Crippen LogP contribution in [0.3, 0.4) is 0 Å². The highest BCUT2D eigenvalue weighted by Gasteiger charge is 2.37. The minimum Gasteiger partial charge on any atom is -0.383 e. The van der Waals surface area contributed by atoms with E-state index >= 15 is 0 Å². The average molecular weight is 212 g/mol. The summed E-state index contributed by atoms with van der Waals surface area (Å²) in [5.41, 5.74) is 0. The molecule has 0 bridgehead atoms. The van der Waals surface area contributed by atoms with E-state index in [9.17, 15) is 12.8 Å². The summed E-state index contributed by atoms with van der Waals surface area (Å²) in [5, 5.41) is 4.90. The molecule has 1 saturated heterocycles. The summed E-state index contributed by atoms with van der Waals surface area (Å²) in [6, 6.07) is -0.463. The topological polar surface area (TPSA) is 72.6 Å². The first-order chi connectivity index (χ1) is 5.95. The van der Waals surface area contributed by atoms with E-state index in [-0.39, 0.29) is 19.6 Å². The number of alkyl halides is 1. The lowest BCUT2D eigenvalue weighted by atomic mass is 10.2. The Balaban J connectivity index is 2.72. The molecule has 0 saturated carbocycles. The molecular weight excluding hydrogens is 199 g/mol. The van der Waals surface area contributed by atoms with Crippen molar-refractivity contribution >= 4 is 10.2 Å². The van der Waals surface area contributed by atoms with Gasteiger partial charge in [0.1, 0.15) is 6.17 Å². The van der Waals surface area contributed by atoms with Crippen LogP contribution in [0.2, 0.25) is 0 Å². The van der Waals surface area contributed by atoms with Gasteiger partial charge >= 0.3 is 0 Å². The molecule has 7 heteroatoms. The zero-order valence-electron chi connectivity index (χ0n) is 7.31. The number of ether oxygens (including phenoxy) is 1. The van der Waals surface area contributed by atoms with Gasteiger partial charge in [-0.2, -0.15) is 12.7 Å². The minimum absolute atomic E-state index is 0.157. The van der Waals surface area contributed by atoms with Crippen molar-refractivity contribution in [1.82, 2.24) is 4.31 Å². The Hall–Kier alpha value is -0.240. The van der Waals surface area contributed by atoms with E-state index in [1.165, 1.54) is 7.11 Å². The van der Waals surface area contributed by atoms with E-state index in [0.717, 1.165) is 4.31 Å². The molecule has 0 aromatic rings. The monoisotopic (exact) mass is 212 g/mol. The average Bonchev–Trinajstić information content (AvgIpc) is 2.30. The van der Waals surface area contributed by atoms with Crippen molar-refractivity contribution in [3.63, 3.8) is 0 Å². The van der Waals surface area contributed by atoms with Gasteiger partial charge < -0.3 is 4.74 Å². The highest BCUT2D eigenvalue weighted by Crippen LogP contribution is 2.22. The number of rotatable bonds is 3. The third-order valence-electron chi connectivity index (χ3n) is 2.00. The quantitative estimate of drug-likeness (QED) is 0.669. The Kier molecular flexibility index (Phi) is 3.23. The Labute approximate surface area is 76.8 Å². The molecule has 0 spiro atoms. The lowest BCUT2D eigenvalue weighted by molar-refractivity contribution is 0.148. The molecule has 2 N–H and O–H groups in total. The largest absolute Gasteiger partial charge is 0.383 e. The molecule has 78 valence electrons. The van der Waals surface area contributed by atoms with Crippen LogP contribution in [0.25, 0.3) is 0 Å². The van der Waals surface area contributed by atoms with Crippen LogP contribution < -0.4 is 5.14 Å². The zero-order chi connectivity index (χ0) is 10.1. The van der Waals surface area contributed by atoms with Gasteiger partial charge in [-0.1, -0.05) is 0 Å². The second kappa shape index (κ2) is 3.87. The maximum atomic E-state index is 12.9. The fraction of sp³-hybridized carbons (Fsp3) is 1.00. The molecule has 0 unspecified atom stereocenters. The predicted octanol–water partition coefficient (Wildman–Crippen LogP) is -0.751. The molecule has 1 heterocycles. The van der Waals surface area contributed by atoms with Crippen molar-refractivity contribution in [1.29, 1.82) is 0 Å². The first kappa shape index (κ1) is 10.8. The predicted molar refractivity (Wildman–Crippen MR) is 45.0 cm³/mol. The molecule has 0 radical (unpaired) electrons. The molecule has 0 aromatic carbocycles. The van der Waals surface area contributed by atoms with Gasteiger partial charge in [0, 0.05) is 13.7 Å². The van der Waals surface area contributed by atoms with Crippen molar-refractivity contribution < 1.29 is 17.5 Å². The summed E-state index contributed by atoms with van der Waals surface area (Å²) < 4.78 is 40.5. The van der Waals surface area contributed by atoms with Crippen molar-refractivity contribution in [3.05, 3.63) is 0 Å². The number of halogens is 1. The van der Waals surface area contributed by atoms with Crippen LogP contribution in [0, 0.1) is 0 Å². The van der Waals surface area contributed by atoms with Gasteiger partial charge in [0.2, 0.25) is 0 Å². The highest BCUT2D eigenvalue weighted by molar-refractivity contribution is 7.86. The summed E-state index contributed by atoms with van der Waals surface area (Å²) >= 11 is 0. The Morgan fingerprint density at radius 1 is 1.69 bits per heavy atom. The third kappa shape index (κ3) is 2.60. The van der Waals surface area contributed by atoms with Gasteiger partial charge in [-0.25, -0.2) is 9.53 Å². The second-order valence-corrected chi connectivity index (χ2v) is 4.56. The molecule has 1 rings (SSSR count). The number of hydrogen-bond acceptors (Lipinski definition) is 3. The third-order valence-corrected chi connectivity index (χ3v) is 3.10. The van der Waals surface area contributed by atoms with Gasteiger partial charge in [0.15, 0.2) is 0 Å². The highest BCUT2D eigenvalue weighted by atomic mass is 32.2. The number of hydrogen-bond donors (Lipinski definition) is 1. The molecule has 0 aliphatic carbocycles. The number of nitrogens with zero attached hydrogens (tertiary/aromatic N) is 1. The van der Waals surface area contributed by atoms with Crippen molar-refractivity contribution in [2.45, 2.75) is 18.6 Å². The molecule has 0 amide bonds. The second-order valence-electron chi connectivity index (χ2n) is 3.06. The van der Waals surface area contributed by atoms with E-state index in [0.29, 0.717) is 0 Å². The summed E-state index contributed by atoms with van der Waals surface area (Å²) in [6.45, 7) is 0.0176. The van der Waals surface area contributed by atoms with Crippen LogP contribution in [-0.4, -0.2) is 45.2 Å². The molecule has 1 aliphatic rings. The van der Waals surface area contributed by atoms with Gasteiger partial charge in [-0.15, -0.1) is 0 Å². The SMILES string of the molecule is COC[C@@H]1C[C@H](F)CN1S(N)(=O)=O. The lowest BCUT2D eigenvalue weighted by Gasteiger charge is -2.19. The molecule has 0 aromatic heterocycles. The van der Waals surface area contributed by atoms with Crippen molar-refractivity contribution in [3.8, 4) is 0 Å². The lowest BCUT2D eigenvalue weighted by Crippen LogP contribution is -2.42. The van der Waals surface area contributed by atoms with E-state index < -0.39 is 22.4 Å². The van der Waals surface area contributed by atoms with E-state index in [1.807, 2.05) is 0 Å². The van der Waals surface area contributed by atoms with Crippen LogP contribution in [-0.2, 0) is 14.9 Å². The van der Waals surface area contributed by atoms with Crippen LogP contribution in [0.1, 0.15) is 6.42 Å². The Morgan fingerprint density at radius 2 is 2.31 bits per heavy atom. The van der Waals surface area contributed by atoms with Gasteiger partial charge in [-0.3, -0.25) is 0 Å². The van der Waals surface area contributed by atoms with Crippen LogP contribution >= 0.6 is 0 Å². The van der Waals surface area contributed by atoms with Crippen LogP contribution in [0.4, 0.5) is 4.39 Å². The first-order valence-electron chi connectivity index (χ1n) is 3.87. The van der Waals surface area contributed by atoms with E-state index in [4.69, 9.17) is 9.88 Å². The maximum absolute atomic E-state index is 12.9. The van der Waals surface area contributed by atoms with Gasteiger partial charge in [0.25, 0.3) is 10.2 Å². The number of nitrogens with two attached hydrogens (primary N) is 1. The first-order valence-corrected chi connectivity index (χ1v) is 5.38. The molecular formula is C6H13FN2O3S. The van der Waals surface area contributed by atoms with Gasteiger partial charge in [0.05, 0.1) is 12.6 Å².